The first-order chi connectivity index (χ1) is 14.1. The van der Waals surface area contributed by atoms with Crippen LogP contribution in [0.1, 0.15) is 5.69 Å². The summed E-state index contributed by atoms with van der Waals surface area (Å²) in [5.41, 5.74) is 2.68. The van der Waals surface area contributed by atoms with E-state index >= 15 is 0 Å². The van der Waals surface area contributed by atoms with Crippen LogP contribution in [0.5, 0.6) is 17.2 Å². The van der Waals surface area contributed by atoms with Crippen LogP contribution in [0.4, 0.5) is 11.5 Å². The van der Waals surface area contributed by atoms with Gasteiger partial charge in [-0.2, -0.15) is 0 Å². The molecule has 0 amide bonds. The first-order valence-corrected chi connectivity index (χ1v) is 9.90. The lowest BCUT2D eigenvalue weighted by atomic mass is 10.1. The minimum absolute atomic E-state index is 0.546. The molecule has 148 valence electrons. The van der Waals surface area contributed by atoms with Gasteiger partial charge in [0.05, 0.1) is 21.3 Å². The Balaban J connectivity index is 1.74. The molecule has 7 heteroatoms. The molecule has 0 bridgehead atoms. The molecule has 0 unspecified atom stereocenters. The third-order valence-corrected chi connectivity index (χ3v) is 5.48. The molecule has 2 heterocycles. The molecule has 2 aromatic carbocycles. The highest BCUT2D eigenvalue weighted by Gasteiger charge is 2.15. The lowest BCUT2D eigenvalue weighted by molar-refractivity contribution is 0.324. The van der Waals surface area contributed by atoms with Crippen LogP contribution in [0.25, 0.3) is 21.5 Å². The Morgan fingerprint density at radius 1 is 0.897 bits per heavy atom. The summed E-state index contributed by atoms with van der Waals surface area (Å²) in [4.78, 5) is 9.40. The molecule has 4 rings (SSSR count). The van der Waals surface area contributed by atoms with Crippen LogP contribution in [0.2, 0.25) is 0 Å². The Morgan fingerprint density at radius 2 is 1.62 bits per heavy atom. The summed E-state index contributed by atoms with van der Waals surface area (Å²) in [6, 6.07) is 13.9. The van der Waals surface area contributed by atoms with E-state index in [0.717, 1.165) is 22.3 Å². The number of ether oxygens (including phenoxy) is 3. The summed E-state index contributed by atoms with van der Waals surface area (Å²) >= 11 is 1.69. The molecular formula is C22H21N3O3S. The molecule has 1 N–H and O–H groups in total. The number of thiophene rings is 1. The minimum atomic E-state index is 0.546. The first-order valence-electron chi connectivity index (χ1n) is 9.02. The summed E-state index contributed by atoms with van der Waals surface area (Å²) in [6.07, 6.45) is 0. The van der Waals surface area contributed by atoms with Crippen molar-refractivity contribution in [3.63, 3.8) is 0 Å². The Kier molecular flexibility index (Phi) is 5.22. The van der Waals surface area contributed by atoms with Crippen molar-refractivity contribution in [3.05, 3.63) is 53.5 Å². The van der Waals surface area contributed by atoms with Gasteiger partial charge in [-0.1, -0.05) is 18.2 Å². The molecule has 0 aliphatic rings. The van der Waals surface area contributed by atoms with E-state index in [0.29, 0.717) is 28.9 Å². The predicted octanol–water partition coefficient (Wildman–Crippen LogP) is 5.44. The van der Waals surface area contributed by atoms with Crippen LogP contribution < -0.4 is 19.5 Å². The van der Waals surface area contributed by atoms with E-state index in [-0.39, 0.29) is 0 Å². The van der Waals surface area contributed by atoms with Gasteiger partial charge >= 0.3 is 0 Å². The lowest BCUT2D eigenvalue weighted by Crippen LogP contribution is -2.01. The summed E-state index contributed by atoms with van der Waals surface area (Å²) in [5.74, 6) is 3.08. The standard InChI is InChI=1S/C22H21N3O3S/c1-13-9-20(24-14-10-17(26-2)21(28-4)18(11-14)27-3)25-22(23-13)16-12-29-19-8-6-5-7-15(16)19/h5-12H,1-4H3,(H,23,24,25). The average molecular weight is 407 g/mol. The molecule has 0 spiro atoms. The van der Waals surface area contributed by atoms with Crippen molar-refractivity contribution in [2.75, 3.05) is 26.6 Å². The fraction of sp³-hybridized carbons (Fsp3) is 0.182. The summed E-state index contributed by atoms with van der Waals surface area (Å²) in [5, 5.41) is 6.59. The van der Waals surface area contributed by atoms with Gasteiger partial charge < -0.3 is 19.5 Å². The molecule has 0 fully saturated rings. The van der Waals surface area contributed by atoms with Crippen molar-refractivity contribution >= 4 is 32.9 Å². The number of aromatic nitrogens is 2. The topological polar surface area (TPSA) is 65.5 Å². The smallest absolute Gasteiger partial charge is 0.203 e. The zero-order chi connectivity index (χ0) is 20.4. The van der Waals surface area contributed by atoms with Gasteiger partial charge in [0.2, 0.25) is 5.75 Å². The van der Waals surface area contributed by atoms with E-state index in [1.165, 1.54) is 4.70 Å². The third kappa shape index (κ3) is 3.69. The molecule has 0 saturated heterocycles. The van der Waals surface area contributed by atoms with E-state index in [4.69, 9.17) is 19.2 Å². The summed E-state index contributed by atoms with van der Waals surface area (Å²) in [7, 11) is 4.77. The summed E-state index contributed by atoms with van der Waals surface area (Å²) in [6.45, 7) is 1.96. The van der Waals surface area contributed by atoms with Gasteiger partial charge in [-0.3, -0.25) is 0 Å². The van der Waals surface area contributed by atoms with Gasteiger partial charge in [0, 0.05) is 50.6 Å². The monoisotopic (exact) mass is 407 g/mol. The van der Waals surface area contributed by atoms with Gasteiger partial charge in [-0.15, -0.1) is 11.3 Å². The van der Waals surface area contributed by atoms with Gasteiger partial charge in [-0.05, 0) is 13.0 Å². The molecule has 2 aromatic heterocycles. The minimum Gasteiger partial charge on any atom is -0.493 e. The van der Waals surface area contributed by atoms with Crippen LogP contribution in [0.3, 0.4) is 0 Å². The maximum absolute atomic E-state index is 5.44. The van der Waals surface area contributed by atoms with Gasteiger partial charge in [0.1, 0.15) is 5.82 Å². The molecule has 0 radical (unpaired) electrons. The number of rotatable bonds is 6. The molecule has 6 nitrogen and oxygen atoms in total. The maximum Gasteiger partial charge on any atom is 0.203 e. The Hall–Kier alpha value is -3.32. The molecule has 4 aromatic rings. The van der Waals surface area contributed by atoms with E-state index < -0.39 is 0 Å². The second-order valence-corrected chi connectivity index (χ2v) is 7.31. The van der Waals surface area contributed by atoms with Gasteiger partial charge in [0.15, 0.2) is 17.3 Å². The van der Waals surface area contributed by atoms with Crippen molar-refractivity contribution < 1.29 is 14.2 Å². The number of hydrogen-bond acceptors (Lipinski definition) is 7. The highest BCUT2D eigenvalue weighted by Crippen LogP contribution is 2.40. The second-order valence-electron chi connectivity index (χ2n) is 6.40. The van der Waals surface area contributed by atoms with Crippen molar-refractivity contribution in [2.45, 2.75) is 6.92 Å². The van der Waals surface area contributed by atoms with Gasteiger partial charge in [0.25, 0.3) is 0 Å². The SMILES string of the molecule is COc1cc(Nc2cc(C)nc(-c3csc4ccccc34)n2)cc(OC)c1OC. The van der Waals surface area contributed by atoms with E-state index in [1.807, 2.05) is 37.3 Å². The zero-order valence-electron chi connectivity index (χ0n) is 16.6. The number of fused-ring (bicyclic) bond motifs is 1. The van der Waals surface area contributed by atoms with Crippen molar-refractivity contribution in [3.8, 4) is 28.6 Å². The number of methoxy groups -OCH3 is 3. The zero-order valence-corrected chi connectivity index (χ0v) is 17.5. The Bertz CT molecular complexity index is 1150. The highest BCUT2D eigenvalue weighted by molar-refractivity contribution is 7.17. The fourth-order valence-corrected chi connectivity index (χ4v) is 4.14. The number of nitrogens with zero attached hydrogens (tertiary/aromatic N) is 2. The molecule has 0 aliphatic carbocycles. The van der Waals surface area contributed by atoms with Crippen LogP contribution in [0, 0.1) is 6.92 Å². The lowest BCUT2D eigenvalue weighted by Gasteiger charge is -2.15. The maximum atomic E-state index is 5.44. The average Bonchev–Trinajstić information content (AvgIpc) is 3.16. The molecule has 29 heavy (non-hydrogen) atoms. The number of benzene rings is 2. The second kappa shape index (κ2) is 7.97. The largest absolute Gasteiger partial charge is 0.493 e. The normalized spacial score (nSPS) is 10.8. The summed E-state index contributed by atoms with van der Waals surface area (Å²) < 4.78 is 17.5. The van der Waals surface area contributed by atoms with Gasteiger partial charge in [-0.25, -0.2) is 9.97 Å². The number of nitrogens with one attached hydrogen (secondary N) is 1. The van der Waals surface area contributed by atoms with Crippen LogP contribution in [-0.4, -0.2) is 31.3 Å². The third-order valence-electron chi connectivity index (χ3n) is 4.51. The first kappa shape index (κ1) is 19.0. The number of aryl methyl sites for hydroxylation is 1. The van der Waals surface area contributed by atoms with Crippen molar-refractivity contribution in [1.29, 1.82) is 0 Å². The fourth-order valence-electron chi connectivity index (χ4n) is 3.21. The Morgan fingerprint density at radius 3 is 2.31 bits per heavy atom. The molecule has 0 atom stereocenters. The molecular weight excluding hydrogens is 386 g/mol. The van der Waals surface area contributed by atoms with Crippen LogP contribution in [0.15, 0.2) is 47.8 Å². The van der Waals surface area contributed by atoms with Crippen LogP contribution in [-0.2, 0) is 0 Å². The Labute approximate surface area is 173 Å². The van der Waals surface area contributed by atoms with Crippen molar-refractivity contribution in [2.24, 2.45) is 0 Å². The predicted molar refractivity (Wildman–Crippen MR) is 117 cm³/mol. The van der Waals surface area contributed by atoms with E-state index in [1.54, 1.807) is 32.7 Å². The quantitative estimate of drug-likeness (QED) is 0.459. The highest BCUT2D eigenvalue weighted by atomic mass is 32.1. The van der Waals surface area contributed by atoms with E-state index in [9.17, 15) is 0 Å². The number of hydrogen-bond donors (Lipinski definition) is 1. The molecule has 0 aliphatic heterocycles. The molecule has 0 saturated carbocycles. The van der Waals surface area contributed by atoms with Crippen molar-refractivity contribution in [1.82, 2.24) is 9.97 Å². The number of anilines is 2. The van der Waals surface area contributed by atoms with Crippen LogP contribution >= 0.6 is 11.3 Å². The van der Waals surface area contributed by atoms with E-state index in [2.05, 4.69) is 27.8 Å².